The standard InChI is InChI=1S/C13H13NO3S/c1-7-10(14)12(13(16)17-2)18-11(7)8-3-5-9(15)6-4-8/h3-6,15H,14H2,1-2H3. The van der Waals surface area contributed by atoms with E-state index in [9.17, 15) is 9.90 Å². The Morgan fingerprint density at radius 1 is 1.33 bits per heavy atom. The van der Waals surface area contributed by atoms with E-state index in [4.69, 9.17) is 10.5 Å². The maximum absolute atomic E-state index is 11.6. The molecule has 0 bridgehead atoms. The van der Waals surface area contributed by atoms with E-state index in [2.05, 4.69) is 0 Å². The van der Waals surface area contributed by atoms with Crippen LogP contribution >= 0.6 is 11.3 Å². The summed E-state index contributed by atoms with van der Waals surface area (Å²) in [6, 6.07) is 6.77. The average Bonchev–Trinajstić information content (AvgIpc) is 2.67. The van der Waals surface area contributed by atoms with Gasteiger partial charge in [-0.2, -0.15) is 0 Å². The molecule has 0 saturated carbocycles. The summed E-state index contributed by atoms with van der Waals surface area (Å²) < 4.78 is 4.69. The van der Waals surface area contributed by atoms with Crippen LogP contribution < -0.4 is 5.73 Å². The highest BCUT2D eigenvalue weighted by atomic mass is 32.1. The van der Waals surface area contributed by atoms with Crippen LogP contribution in [0.1, 0.15) is 15.2 Å². The van der Waals surface area contributed by atoms with Crippen molar-refractivity contribution in [1.82, 2.24) is 0 Å². The van der Waals surface area contributed by atoms with Crippen molar-refractivity contribution in [3.05, 3.63) is 34.7 Å². The van der Waals surface area contributed by atoms with Gasteiger partial charge in [0.05, 0.1) is 12.8 Å². The number of methoxy groups -OCH3 is 1. The molecule has 0 saturated heterocycles. The molecule has 0 atom stereocenters. The number of hydrogen-bond acceptors (Lipinski definition) is 5. The molecule has 94 valence electrons. The van der Waals surface area contributed by atoms with Gasteiger partial charge in [0.15, 0.2) is 0 Å². The van der Waals surface area contributed by atoms with Gasteiger partial charge in [0.2, 0.25) is 0 Å². The van der Waals surface area contributed by atoms with Crippen molar-refractivity contribution in [2.45, 2.75) is 6.92 Å². The molecule has 2 aromatic rings. The molecule has 1 heterocycles. The fourth-order valence-electron chi connectivity index (χ4n) is 1.66. The average molecular weight is 263 g/mol. The molecule has 3 N–H and O–H groups in total. The van der Waals surface area contributed by atoms with Crippen molar-refractivity contribution in [2.24, 2.45) is 0 Å². The molecule has 1 aromatic heterocycles. The zero-order chi connectivity index (χ0) is 13.3. The highest BCUT2D eigenvalue weighted by Crippen LogP contribution is 2.38. The third-order valence-corrected chi connectivity index (χ3v) is 4.03. The van der Waals surface area contributed by atoms with E-state index in [1.165, 1.54) is 18.4 Å². The Balaban J connectivity index is 2.52. The minimum Gasteiger partial charge on any atom is -0.508 e. The maximum Gasteiger partial charge on any atom is 0.350 e. The molecule has 2 rings (SSSR count). The zero-order valence-corrected chi connectivity index (χ0v) is 10.9. The number of benzene rings is 1. The lowest BCUT2D eigenvalue weighted by Crippen LogP contribution is -2.01. The second-order valence-corrected chi connectivity index (χ2v) is 4.86. The molecule has 0 amide bonds. The number of carbonyl (C=O) groups excluding carboxylic acids is 1. The number of thiophene rings is 1. The van der Waals surface area contributed by atoms with Crippen LogP contribution in [0.3, 0.4) is 0 Å². The van der Waals surface area contributed by atoms with E-state index in [-0.39, 0.29) is 5.75 Å². The maximum atomic E-state index is 11.6. The van der Waals surface area contributed by atoms with Crippen LogP contribution in [0.4, 0.5) is 5.69 Å². The topological polar surface area (TPSA) is 72.5 Å². The molecule has 4 nitrogen and oxygen atoms in total. The Kier molecular flexibility index (Phi) is 3.25. The van der Waals surface area contributed by atoms with Crippen molar-refractivity contribution in [2.75, 3.05) is 12.8 Å². The van der Waals surface area contributed by atoms with Gasteiger partial charge in [-0.05, 0) is 42.3 Å². The van der Waals surface area contributed by atoms with E-state index in [0.717, 1.165) is 16.0 Å². The first-order chi connectivity index (χ1) is 8.54. The summed E-state index contributed by atoms with van der Waals surface area (Å²) in [4.78, 5) is 12.9. The van der Waals surface area contributed by atoms with Gasteiger partial charge in [0.1, 0.15) is 10.6 Å². The van der Waals surface area contributed by atoms with Gasteiger partial charge >= 0.3 is 5.97 Å². The Hall–Kier alpha value is -2.01. The first-order valence-corrected chi connectivity index (χ1v) is 6.12. The van der Waals surface area contributed by atoms with Crippen molar-refractivity contribution in [1.29, 1.82) is 0 Å². The molecule has 0 spiro atoms. The molecule has 0 radical (unpaired) electrons. The number of ether oxygens (including phenoxy) is 1. The van der Waals surface area contributed by atoms with Gasteiger partial charge < -0.3 is 15.6 Å². The number of phenols is 1. The number of nitrogen functional groups attached to an aromatic ring is 1. The smallest absolute Gasteiger partial charge is 0.350 e. The molecule has 0 fully saturated rings. The molecule has 1 aromatic carbocycles. The Morgan fingerprint density at radius 2 is 1.94 bits per heavy atom. The third kappa shape index (κ3) is 2.04. The number of hydrogen-bond donors (Lipinski definition) is 2. The minimum atomic E-state index is -0.425. The van der Waals surface area contributed by atoms with Crippen LogP contribution in [0.15, 0.2) is 24.3 Å². The lowest BCUT2D eigenvalue weighted by Gasteiger charge is -2.00. The number of aromatic hydroxyl groups is 1. The van der Waals surface area contributed by atoms with Gasteiger partial charge in [0.25, 0.3) is 0 Å². The lowest BCUT2D eigenvalue weighted by atomic mass is 10.1. The normalized spacial score (nSPS) is 10.3. The zero-order valence-electron chi connectivity index (χ0n) is 10.1. The van der Waals surface area contributed by atoms with Gasteiger partial charge in [-0.3, -0.25) is 0 Å². The molecule has 0 unspecified atom stereocenters. The molecule has 0 aliphatic heterocycles. The third-order valence-electron chi connectivity index (χ3n) is 2.69. The minimum absolute atomic E-state index is 0.203. The van der Waals surface area contributed by atoms with Crippen molar-refractivity contribution in [3.63, 3.8) is 0 Å². The Morgan fingerprint density at radius 3 is 2.50 bits per heavy atom. The van der Waals surface area contributed by atoms with Crippen molar-refractivity contribution < 1.29 is 14.6 Å². The summed E-state index contributed by atoms with van der Waals surface area (Å²) in [5.74, 6) is -0.222. The first-order valence-electron chi connectivity index (χ1n) is 5.31. The van der Waals surface area contributed by atoms with E-state index in [1.54, 1.807) is 24.3 Å². The number of rotatable bonds is 2. The van der Waals surface area contributed by atoms with E-state index < -0.39 is 5.97 Å². The highest BCUT2D eigenvalue weighted by Gasteiger charge is 2.19. The second-order valence-electron chi connectivity index (χ2n) is 3.84. The largest absolute Gasteiger partial charge is 0.508 e. The number of phenolic OH excluding ortho intramolecular Hbond substituents is 1. The number of carbonyl (C=O) groups is 1. The predicted molar refractivity (Wildman–Crippen MR) is 71.9 cm³/mol. The second kappa shape index (κ2) is 4.70. The van der Waals surface area contributed by atoms with Crippen molar-refractivity contribution in [3.8, 4) is 16.2 Å². The first kappa shape index (κ1) is 12.4. The molecule has 0 aliphatic rings. The van der Waals surface area contributed by atoms with Crippen LogP contribution in [0.25, 0.3) is 10.4 Å². The van der Waals surface area contributed by atoms with E-state index >= 15 is 0 Å². The predicted octanol–water partition coefficient (Wildman–Crippen LogP) is 2.80. The van der Waals surface area contributed by atoms with Crippen LogP contribution in [0, 0.1) is 6.92 Å². The summed E-state index contributed by atoms with van der Waals surface area (Å²) in [7, 11) is 1.33. The molecular formula is C13H13NO3S. The van der Waals surface area contributed by atoms with Gasteiger partial charge in [-0.15, -0.1) is 11.3 Å². The Bertz CT molecular complexity index is 587. The van der Waals surface area contributed by atoms with Crippen LogP contribution in [0.5, 0.6) is 5.75 Å². The molecule has 18 heavy (non-hydrogen) atoms. The number of esters is 1. The van der Waals surface area contributed by atoms with E-state index in [1.807, 2.05) is 6.92 Å². The quantitative estimate of drug-likeness (QED) is 0.817. The SMILES string of the molecule is COC(=O)c1sc(-c2ccc(O)cc2)c(C)c1N. The summed E-state index contributed by atoms with van der Waals surface area (Å²) in [5.41, 5.74) is 8.13. The monoisotopic (exact) mass is 263 g/mol. The fraction of sp³-hybridized carbons (Fsp3) is 0.154. The van der Waals surface area contributed by atoms with Crippen molar-refractivity contribution >= 4 is 23.0 Å². The summed E-state index contributed by atoms with van der Waals surface area (Å²) in [5, 5.41) is 9.26. The van der Waals surface area contributed by atoms with Crippen LogP contribution in [0.2, 0.25) is 0 Å². The van der Waals surface area contributed by atoms with Crippen LogP contribution in [-0.2, 0) is 4.74 Å². The molecule has 5 heteroatoms. The van der Waals surface area contributed by atoms with Gasteiger partial charge in [-0.25, -0.2) is 4.79 Å². The fourth-order valence-corrected chi connectivity index (χ4v) is 2.81. The summed E-state index contributed by atoms with van der Waals surface area (Å²) in [6.07, 6.45) is 0. The molecule has 0 aliphatic carbocycles. The number of anilines is 1. The van der Waals surface area contributed by atoms with Gasteiger partial charge in [0, 0.05) is 4.88 Å². The van der Waals surface area contributed by atoms with Gasteiger partial charge in [-0.1, -0.05) is 0 Å². The molecular weight excluding hydrogens is 250 g/mol. The summed E-state index contributed by atoms with van der Waals surface area (Å²) in [6.45, 7) is 1.86. The lowest BCUT2D eigenvalue weighted by molar-refractivity contribution is 0.0607. The summed E-state index contributed by atoms with van der Waals surface area (Å²) >= 11 is 1.30. The van der Waals surface area contributed by atoms with Crippen LogP contribution in [-0.4, -0.2) is 18.2 Å². The van der Waals surface area contributed by atoms with E-state index in [0.29, 0.717) is 10.6 Å². The Labute approximate surface area is 109 Å². The number of nitrogens with two attached hydrogens (primary N) is 1. The highest BCUT2D eigenvalue weighted by molar-refractivity contribution is 7.18.